The van der Waals surface area contributed by atoms with Crippen LogP contribution in [0.25, 0.3) is 0 Å². The lowest BCUT2D eigenvalue weighted by atomic mass is 10.0. The van der Waals surface area contributed by atoms with E-state index in [1.807, 2.05) is 0 Å². The van der Waals surface area contributed by atoms with E-state index in [2.05, 4.69) is 53.9 Å². The van der Waals surface area contributed by atoms with Crippen molar-refractivity contribution in [1.29, 1.82) is 0 Å². The molecule has 21 nitrogen and oxygen atoms in total. The number of aromatic hydroxyl groups is 2. The molecule has 2 unspecified atom stereocenters. The average Bonchev–Trinajstić information content (AvgIpc) is 4.28. The number of aliphatic hydroxyl groups excluding tert-OH is 1. The SMILES string of the molecule is C[C@@H](O)[C@H](NC(=O)C1(NC(=O)[C@@H](CCCCNC(=O)c2cccnc2)NC(=O)[C@H](Cc2ccc(O)cc2)NC(=O)C2(CSS)CC2)CC1CCCN)C(=O)NCC(=O)N[C@H](Cc1ccc(O)cc1)C(N)=O. The second kappa shape index (κ2) is 26.1. The fraction of sp³-hybridized carbons (Fsp3) is 0.479. The van der Waals surface area contributed by atoms with Gasteiger partial charge in [-0.2, -0.15) is 0 Å². The lowest BCUT2D eigenvalue weighted by Crippen LogP contribution is -2.62. The van der Waals surface area contributed by atoms with Crippen LogP contribution >= 0.6 is 22.5 Å². The maximum atomic E-state index is 14.6. The van der Waals surface area contributed by atoms with E-state index in [1.165, 1.54) is 54.4 Å². The van der Waals surface area contributed by atoms with Crippen LogP contribution in [-0.2, 0) is 46.4 Å². The minimum atomic E-state index is -1.62. The Balaban J connectivity index is 1.31. The highest BCUT2D eigenvalue weighted by atomic mass is 33.1. The van der Waals surface area contributed by atoms with Crippen molar-refractivity contribution in [3.05, 3.63) is 89.7 Å². The van der Waals surface area contributed by atoms with Crippen molar-refractivity contribution >= 4 is 69.7 Å². The molecule has 384 valence electrons. The first kappa shape index (κ1) is 55.5. The van der Waals surface area contributed by atoms with Gasteiger partial charge >= 0.3 is 0 Å². The van der Waals surface area contributed by atoms with E-state index in [0.29, 0.717) is 61.0 Å². The third kappa shape index (κ3) is 16.3. The second-order valence-electron chi connectivity index (χ2n) is 18.1. The number of hydrogen-bond acceptors (Lipinski definition) is 15. The van der Waals surface area contributed by atoms with Gasteiger partial charge in [0.25, 0.3) is 5.91 Å². The molecule has 0 radical (unpaired) electrons. The van der Waals surface area contributed by atoms with Gasteiger partial charge in [0.05, 0.1) is 23.6 Å². The van der Waals surface area contributed by atoms with Gasteiger partial charge in [-0.15, -0.1) is 11.7 Å². The van der Waals surface area contributed by atoms with Crippen LogP contribution in [0.5, 0.6) is 11.5 Å². The van der Waals surface area contributed by atoms with Crippen molar-refractivity contribution in [1.82, 2.24) is 42.2 Å². The summed E-state index contributed by atoms with van der Waals surface area (Å²) in [5, 5.41) is 48.9. The Kier molecular flexibility index (Phi) is 20.4. The summed E-state index contributed by atoms with van der Waals surface area (Å²) in [4.78, 5) is 112. The first-order chi connectivity index (χ1) is 33.9. The van der Waals surface area contributed by atoms with Crippen molar-refractivity contribution in [2.24, 2.45) is 22.8 Å². The molecule has 0 saturated heterocycles. The first-order valence-corrected chi connectivity index (χ1v) is 25.4. The summed E-state index contributed by atoms with van der Waals surface area (Å²) >= 11 is 4.24. The smallest absolute Gasteiger partial charge is 0.252 e. The summed E-state index contributed by atoms with van der Waals surface area (Å²) in [5.41, 5.74) is 10.5. The van der Waals surface area contributed by atoms with Gasteiger partial charge in [-0.1, -0.05) is 35.1 Å². The quantitative estimate of drug-likeness (QED) is 0.0243. The number of rotatable bonds is 29. The number of carbonyl (C=O) groups excluding carboxylic acids is 8. The van der Waals surface area contributed by atoms with Crippen molar-refractivity contribution in [2.45, 2.75) is 107 Å². The number of aromatic nitrogens is 1. The van der Waals surface area contributed by atoms with Gasteiger partial charge in [0.1, 0.15) is 41.2 Å². The van der Waals surface area contributed by atoms with E-state index in [-0.39, 0.29) is 62.1 Å². The van der Waals surface area contributed by atoms with E-state index in [9.17, 15) is 53.7 Å². The summed E-state index contributed by atoms with van der Waals surface area (Å²) in [6.45, 7) is 1.06. The number of nitrogens with one attached hydrogen (secondary N) is 7. The molecule has 8 amide bonds. The molecule has 3 aromatic rings. The lowest BCUT2D eigenvalue weighted by molar-refractivity contribution is -0.137. The molecule has 2 fully saturated rings. The largest absolute Gasteiger partial charge is 0.508 e. The second-order valence-corrected chi connectivity index (χ2v) is 19.4. The van der Waals surface area contributed by atoms with Crippen LogP contribution in [0.3, 0.4) is 0 Å². The standard InChI is InChI=1S/C48H64N10O11S2/c1-28(59)39(44(67)53-26-38(62)54-36(40(50)63)22-29-9-13-33(60)14-10-29)57-46(69)48(24-32(48)7-4-19-49)58-43(66)35(8-2-3-21-52-41(64)31-6-5-20-51-25-31)55-42(65)37(23-30-11-15-34(61)16-12-30)56-45(68)47(17-18-47)27-71-70/h5-6,9-16,20,25,28,32,35-37,39,59-61,70H,2-4,7-8,17-19,21-24,26-27,49H2,1H3,(H2,50,63)(H,52,64)(H,53,67)(H,54,62)(H,55,65)(H,56,68)(H,57,69)(H,58,66)/t28-,32?,35-,36-,37+,39+,48?/m1/s1. The Morgan fingerprint density at radius 2 is 1.44 bits per heavy atom. The van der Waals surface area contributed by atoms with Crippen molar-refractivity contribution in [3.63, 3.8) is 0 Å². The van der Waals surface area contributed by atoms with E-state index in [1.54, 1.807) is 36.4 Å². The third-order valence-corrected chi connectivity index (χ3v) is 13.6. The predicted octanol–water partition coefficient (Wildman–Crippen LogP) is -0.228. The Morgan fingerprint density at radius 1 is 0.789 bits per heavy atom. The number of thiol groups is 1. The molecule has 5 rings (SSSR count). The molecular weight excluding hydrogens is 957 g/mol. The molecule has 2 saturated carbocycles. The van der Waals surface area contributed by atoms with Gasteiger partial charge in [0, 0.05) is 37.5 Å². The average molecular weight is 1020 g/mol. The number of amides is 8. The van der Waals surface area contributed by atoms with Gasteiger partial charge in [0.2, 0.25) is 41.4 Å². The summed E-state index contributed by atoms with van der Waals surface area (Å²) in [6.07, 6.45) is 4.33. The summed E-state index contributed by atoms with van der Waals surface area (Å²) in [5.74, 6) is -5.65. The molecule has 0 bridgehead atoms. The molecule has 0 spiro atoms. The first-order valence-electron chi connectivity index (χ1n) is 23.4. The monoisotopic (exact) mass is 1020 g/mol. The highest BCUT2D eigenvalue weighted by molar-refractivity contribution is 8.68. The zero-order valence-corrected chi connectivity index (χ0v) is 41.1. The zero-order valence-electron chi connectivity index (χ0n) is 39.4. The van der Waals surface area contributed by atoms with Crippen LogP contribution in [0.1, 0.15) is 79.8 Å². The molecule has 2 aromatic carbocycles. The van der Waals surface area contributed by atoms with Crippen molar-refractivity contribution in [2.75, 3.05) is 25.4 Å². The van der Waals surface area contributed by atoms with Gasteiger partial charge in [-0.3, -0.25) is 43.3 Å². The number of unbranched alkanes of at least 4 members (excludes halogenated alkanes) is 1. The molecule has 1 heterocycles. The number of carbonyl (C=O) groups is 8. The van der Waals surface area contributed by atoms with Gasteiger partial charge in [-0.05, 0) is 118 Å². The predicted molar refractivity (Wildman–Crippen MR) is 266 cm³/mol. The number of hydrogen-bond donors (Lipinski definition) is 13. The van der Waals surface area contributed by atoms with Crippen LogP contribution in [0, 0.1) is 11.3 Å². The number of benzene rings is 2. The van der Waals surface area contributed by atoms with E-state index in [4.69, 9.17) is 11.5 Å². The maximum absolute atomic E-state index is 14.6. The van der Waals surface area contributed by atoms with Crippen LogP contribution < -0.4 is 48.7 Å². The third-order valence-electron chi connectivity index (χ3n) is 12.6. The minimum Gasteiger partial charge on any atom is -0.508 e. The summed E-state index contributed by atoms with van der Waals surface area (Å²) < 4.78 is 0. The molecule has 7 atom stereocenters. The maximum Gasteiger partial charge on any atom is 0.252 e. The van der Waals surface area contributed by atoms with E-state index in [0.717, 1.165) is 0 Å². The molecule has 71 heavy (non-hydrogen) atoms. The zero-order chi connectivity index (χ0) is 51.7. The fourth-order valence-electron chi connectivity index (χ4n) is 8.04. The number of phenols is 2. The van der Waals surface area contributed by atoms with Gasteiger partial charge in [0.15, 0.2) is 0 Å². The summed E-state index contributed by atoms with van der Waals surface area (Å²) in [7, 11) is 1.21. The van der Waals surface area contributed by atoms with Gasteiger partial charge < -0.3 is 64.0 Å². The molecule has 14 N–H and O–H groups in total. The molecule has 23 heteroatoms. The van der Waals surface area contributed by atoms with Crippen LogP contribution in [0.2, 0.25) is 0 Å². The highest BCUT2D eigenvalue weighted by Crippen LogP contribution is 2.49. The van der Waals surface area contributed by atoms with Crippen molar-refractivity contribution < 1.29 is 53.7 Å². The Bertz CT molecular complexity index is 2340. The Hall–Kier alpha value is -6.43. The Labute approximate surface area is 420 Å². The van der Waals surface area contributed by atoms with E-state index >= 15 is 0 Å². The number of aliphatic hydroxyl groups is 1. The molecule has 2 aliphatic rings. The molecule has 1 aromatic heterocycles. The minimum absolute atomic E-state index is 0.000158. The van der Waals surface area contributed by atoms with Crippen molar-refractivity contribution in [3.8, 4) is 11.5 Å². The highest BCUT2D eigenvalue weighted by Gasteiger charge is 2.61. The summed E-state index contributed by atoms with van der Waals surface area (Å²) in [6, 6.07) is 9.99. The normalized spacial score (nSPS) is 18.5. The van der Waals surface area contributed by atoms with Crippen LogP contribution in [0.4, 0.5) is 0 Å². The number of phenolic OH excluding ortho intramolecular Hbond substituents is 2. The number of primary amides is 1. The lowest BCUT2D eigenvalue weighted by Gasteiger charge is -2.28. The van der Waals surface area contributed by atoms with Gasteiger partial charge in [-0.25, -0.2) is 0 Å². The fourth-order valence-corrected chi connectivity index (χ4v) is 9.45. The van der Waals surface area contributed by atoms with Crippen LogP contribution in [0.15, 0.2) is 73.1 Å². The topological polar surface area (TPSA) is 346 Å². The number of nitrogens with two attached hydrogens (primary N) is 2. The molecular formula is C48H64N10O11S2. The Morgan fingerprint density at radius 3 is 2.00 bits per heavy atom. The molecule has 2 aliphatic carbocycles. The van der Waals surface area contributed by atoms with E-state index < -0.39 is 89.1 Å². The number of nitrogens with zero attached hydrogens (tertiary/aromatic N) is 1. The number of pyridine rings is 1. The molecule has 0 aliphatic heterocycles. The van der Waals surface area contributed by atoms with Crippen LogP contribution in [-0.4, -0.2) is 129 Å².